The maximum absolute atomic E-state index is 13.5. The van der Waals surface area contributed by atoms with Gasteiger partial charge >= 0.3 is 6.03 Å². The number of carbonyl (C=O) groups is 2. The number of hydrogen-bond donors (Lipinski definition) is 4. The molecule has 4 N–H and O–H groups in total. The number of alkyl halides is 1. The van der Waals surface area contributed by atoms with E-state index in [1.54, 1.807) is 29.4 Å². The highest BCUT2D eigenvalue weighted by molar-refractivity contribution is 7.21. The number of ether oxygens (including phenoxy) is 1. The minimum Gasteiger partial charge on any atom is -0.439 e. The molecule has 1 fully saturated rings. The van der Waals surface area contributed by atoms with E-state index in [9.17, 15) is 14.7 Å². The highest BCUT2D eigenvalue weighted by Gasteiger charge is 2.35. The fraction of sp³-hybridized carbons (Fsp3) is 0.310. The number of aromatic nitrogens is 2. The van der Waals surface area contributed by atoms with Crippen molar-refractivity contribution in [3.8, 4) is 11.6 Å². The molecule has 6 rings (SSSR count). The Morgan fingerprint density at radius 3 is 2.80 bits per heavy atom. The van der Waals surface area contributed by atoms with Gasteiger partial charge < -0.3 is 20.5 Å². The molecule has 1 aliphatic carbocycles. The van der Waals surface area contributed by atoms with Crippen LogP contribution in [0.25, 0.3) is 10.2 Å². The summed E-state index contributed by atoms with van der Waals surface area (Å²) in [5, 5.41) is 20.1. The standard InChI is InChI=1S/C29H29ClN6O4S/c1-16-14-23(40-17-6-3-2-4-7-17)32-15-21(16)36-20-11-13-31-28-24(20)25(35-29(36)39)26(41-28)27(38)34-19-9-5-8-18(19)33-22(37)10-12-30/h2-4,6-7,11,13-15,18-19,22,33,37H,5,8-10,12H2,1H3,(H,34,38)(H,35,39)/t18-,19+,22?/m0/s1. The first-order chi connectivity index (χ1) is 19.9. The number of aliphatic hydroxyl groups excluding tert-OH is 1. The summed E-state index contributed by atoms with van der Waals surface area (Å²) < 4.78 is 5.86. The van der Waals surface area contributed by atoms with E-state index in [1.807, 2.05) is 37.3 Å². The van der Waals surface area contributed by atoms with Crippen molar-refractivity contribution in [1.29, 1.82) is 0 Å². The Hall–Kier alpha value is -3.77. The molecule has 212 valence electrons. The summed E-state index contributed by atoms with van der Waals surface area (Å²) in [7, 11) is 0. The van der Waals surface area contributed by atoms with Crippen LogP contribution in [0.15, 0.2) is 54.9 Å². The van der Waals surface area contributed by atoms with E-state index in [4.69, 9.17) is 16.3 Å². The van der Waals surface area contributed by atoms with Crippen LogP contribution in [-0.4, -0.2) is 51.2 Å². The fourth-order valence-electron chi connectivity index (χ4n) is 5.41. The first kappa shape index (κ1) is 27.4. The highest BCUT2D eigenvalue weighted by atomic mass is 35.5. The SMILES string of the molecule is Cc1cc(Oc2ccccc2)ncc1N1C(=O)Nc2c(C(=O)N[C@@H]3CCC[C@@H]3NC(O)CCCl)sc3nccc1c23. The normalized spacial score (nSPS) is 18.8. The zero-order valence-electron chi connectivity index (χ0n) is 22.3. The van der Waals surface area contributed by atoms with Crippen LogP contribution in [0.5, 0.6) is 11.6 Å². The molecule has 41 heavy (non-hydrogen) atoms. The highest BCUT2D eigenvalue weighted by Crippen LogP contribution is 2.46. The lowest BCUT2D eigenvalue weighted by molar-refractivity contribution is 0.0900. The van der Waals surface area contributed by atoms with E-state index in [-0.39, 0.29) is 18.0 Å². The van der Waals surface area contributed by atoms with E-state index in [1.165, 1.54) is 11.3 Å². The van der Waals surface area contributed by atoms with Gasteiger partial charge in [0, 0.05) is 36.6 Å². The molecule has 10 nitrogen and oxygen atoms in total. The van der Waals surface area contributed by atoms with Crippen molar-refractivity contribution in [2.24, 2.45) is 0 Å². The lowest BCUT2D eigenvalue weighted by Gasteiger charge is -2.29. The third-order valence-electron chi connectivity index (χ3n) is 7.34. The third kappa shape index (κ3) is 5.45. The topological polar surface area (TPSA) is 129 Å². The number of urea groups is 1. The van der Waals surface area contributed by atoms with Gasteiger partial charge in [0.05, 0.1) is 28.6 Å². The van der Waals surface area contributed by atoms with Crippen LogP contribution in [0.1, 0.15) is 40.9 Å². The van der Waals surface area contributed by atoms with E-state index in [2.05, 4.69) is 25.9 Å². The maximum Gasteiger partial charge on any atom is 0.331 e. The number of rotatable bonds is 9. The third-order valence-corrected chi connectivity index (χ3v) is 8.65. The van der Waals surface area contributed by atoms with Gasteiger partial charge in [0.15, 0.2) is 0 Å². The van der Waals surface area contributed by atoms with Gasteiger partial charge in [-0.1, -0.05) is 18.2 Å². The van der Waals surface area contributed by atoms with Gasteiger partial charge in [-0.15, -0.1) is 22.9 Å². The van der Waals surface area contributed by atoms with Crippen LogP contribution >= 0.6 is 22.9 Å². The molecule has 3 atom stereocenters. The minimum absolute atomic E-state index is 0.0639. The van der Waals surface area contributed by atoms with Crippen molar-refractivity contribution in [1.82, 2.24) is 20.6 Å². The number of nitrogens with one attached hydrogen (secondary N) is 3. The molecule has 12 heteroatoms. The minimum atomic E-state index is -0.727. The summed E-state index contributed by atoms with van der Waals surface area (Å²) in [6.07, 6.45) is 5.49. The van der Waals surface area contributed by atoms with E-state index >= 15 is 0 Å². The number of halogens is 1. The summed E-state index contributed by atoms with van der Waals surface area (Å²) in [5.41, 5.74) is 2.45. The molecular weight excluding hydrogens is 564 g/mol. The van der Waals surface area contributed by atoms with Crippen LogP contribution in [-0.2, 0) is 0 Å². The second-order valence-electron chi connectivity index (χ2n) is 10.1. The Bertz CT molecular complexity index is 1600. The molecule has 0 radical (unpaired) electrons. The average Bonchev–Trinajstić information content (AvgIpc) is 3.55. The summed E-state index contributed by atoms with van der Waals surface area (Å²) >= 11 is 7.00. The van der Waals surface area contributed by atoms with Crippen LogP contribution in [0.2, 0.25) is 0 Å². The molecule has 0 spiro atoms. The summed E-state index contributed by atoms with van der Waals surface area (Å²) in [6.45, 7) is 1.89. The lowest BCUT2D eigenvalue weighted by atomic mass is 10.1. The first-order valence-electron chi connectivity index (χ1n) is 13.5. The van der Waals surface area contributed by atoms with Crippen LogP contribution < -0.4 is 25.6 Å². The smallest absolute Gasteiger partial charge is 0.331 e. The first-order valence-corrected chi connectivity index (χ1v) is 14.8. The molecule has 1 saturated carbocycles. The molecular formula is C29H29ClN6O4S. The van der Waals surface area contributed by atoms with Crippen molar-refractivity contribution < 1.29 is 19.4 Å². The summed E-state index contributed by atoms with van der Waals surface area (Å²) in [5.74, 6) is 1.14. The van der Waals surface area contributed by atoms with Gasteiger partial charge in [-0.05, 0) is 49.9 Å². The number of pyridine rings is 2. The molecule has 1 unspecified atom stereocenters. The number of para-hydroxylation sites is 1. The van der Waals surface area contributed by atoms with Gasteiger partial charge in [-0.2, -0.15) is 0 Å². The number of nitrogens with zero attached hydrogens (tertiary/aromatic N) is 3. The van der Waals surface area contributed by atoms with Crippen molar-refractivity contribution in [2.45, 2.75) is 50.9 Å². The van der Waals surface area contributed by atoms with Crippen molar-refractivity contribution in [3.63, 3.8) is 0 Å². The number of aryl methyl sites for hydroxylation is 1. The molecule has 0 bridgehead atoms. The van der Waals surface area contributed by atoms with E-state index in [0.717, 1.165) is 24.8 Å². The molecule has 1 aromatic carbocycles. The Balaban J connectivity index is 1.27. The maximum atomic E-state index is 13.5. The Morgan fingerprint density at radius 1 is 1.22 bits per heavy atom. The lowest BCUT2D eigenvalue weighted by Crippen LogP contribution is -2.50. The van der Waals surface area contributed by atoms with Gasteiger partial charge in [-0.3, -0.25) is 15.0 Å². The predicted molar refractivity (Wildman–Crippen MR) is 160 cm³/mol. The monoisotopic (exact) mass is 592 g/mol. The second-order valence-corrected chi connectivity index (χ2v) is 11.5. The molecule has 0 saturated heterocycles. The molecule has 4 aromatic rings. The molecule has 3 aromatic heterocycles. The number of thiophene rings is 1. The summed E-state index contributed by atoms with van der Waals surface area (Å²) in [4.78, 5) is 38.6. The van der Waals surface area contributed by atoms with Gasteiger partial charge in [0.25, 0.3) is 5.91 Å². The van der Waals surface area contributed by atoms with Crippen molar-refractivity contribution in [2.75, 3.05) is 16.1 Å². The fourth-order valence-corrected chi connectivity index (χ4v) is 6.63. The molecule has 4 heterocycles. The van der Waals surface area contributed by atoms with Crippen molar-refractivity contribution in [3.05, 3.63) is 65.3 Å². The Kier molecular flexibility index (Phi) is 7.76. The average molecular weight is 593 g/mol. The zero-order chi connectivity index (χ0) is 28.5. The van der Waals surface area contributed by atoms with Gasteiger partial charge in [0.2, 0.25) is 5.88 Å². The molecule has 3 amide bonds. The quantitative estimate of drug-likeness (QED) is 0.146. The summed E-state index contributed by atoms with van der Waals surface area (Å²) in [6, 6.07) is 12.3. The van der Waals surface area contributed by atoms with Crippen LogP contribution in [0, 0.1) is 6.92 Å². The number of anilines is 3. The predicted octanol–water partition coefficient (Wildman–Crippen LogP) is 5.66. The van der Waals surface area contributed by atoms with E-state index < -0.39 is 12.3 Å². The zero-order valence-corrected chi connectivity index (χ0v) is 23.8. The molecule has 2 aliphatic rings. The van der Waals surface area contributed by atoms with Gasteiger partial charge in [-0.25, -0.2) is 14.8 Å². The Labute approximate surface area is 245 Å². The number of benzene rings is 1. The number of hydrogen-bond acceptors (Lipinski definition) is 8. The largest absolute Gasteiger partial charge is 0.439 e. The van der Waals surface area contributed by atoms with E-state index in [0.29, 0.717) is 56.1 Å². The van der Waals surface area contributed by atoms with Crippen LogP contribution in [0.3, 0.4) is 0 Å². The van der Waals surface area contributed by atoms with Gasteiger partial charge in [0.1, 0.15) is 21.7 Å². The number of aliphatic hydroxyl groups is 1. The second kappa shape index (κ2) is 11.6. The van der Waals surface area contributed by atoms with Crippen LogP contribution in [0.4, 0.5) is 21.9 Å². The number of amides is 3. The molecule has 1 aliphatic heterocycles. The van der Waals surface area contributed by atoms with Crippen molar-refractivity contribution >= 4 is 62.2 Å². The Morgan fingerprint density at radius 2 is 2.02 bits per heavy atom. The number of carbonyl (C=O) groups excluding carboxylic acids is 2.